The molecule has 0 aliphatic carbocycles. The summed E-state index contributed by atoms with van der Waals surface area (Å²) in [6.07, 6.45) is 3.16. The molecule has 0 spiro atoms. The van der Waals surface area contributed by atoms with E-state index >= 15 is 0 Å². The predicted octanol–water partition coefficient (Wildman–Crippen LogP) is 3.29. The van der Waals surface area contributed by atoms with Crippen molar-refractivity contribution in [1.29, 1.82) is 0 Å². The number of esters is 1. The van der Waals surface area contributed by atoms with Crippen LogP contribution in [0.5, 0.6) is 0 Å². The number of nitrogens with zero attached hydrogens (tertiary/aromatic N) is 3. The fraction of sp³-hybridized carbons (Fsp3) is 0.235. The lowest BCUT2D eigenvalue weighted by Crippen LogP contribution is -2.06. The number of carbonyl (C=O) groups excluding carboxylic acids is 1. The quantitative estimate of drug-likeness (QED) is 0.749. The second-order valence-electron chi connectivity index (χ2n) is 5.22. The third-order valence-electron chi connectivity index (χ3n) is 3.68. The van der Waals surface area contributed by atoms with Gasteiger partial charge in [0.05, 0.1) is 30.1 Å². The fourth-order valence-corrected chi connectivity index (χ4v) is 2.54. The van der Waals surface area contributed by atoms with Crippen LogP contribution in [-0.4, -0.2) is 27.8 Å². The molecule has 23 heavy (non-hydrogen) atoms. The Kier molecular flexibility index (Phi) is 3.97. The molecule has 2 heterocycles. The molecule has 2 aromatic heterocycles. The topological polar surface area (TPSA) is 69.0 Å². The summed E-state index contributed by atoms with van der Waals surface area (Å²) in [6, 6.07) is 7.81. The highest BCUT2D eigenvalue weighted by molar-refractivity contribution is 5.98. The number of anilines is 2. The maximum atomic E-state index is 11.9. The molecule has 0 aliphatic rings. The maximum absolute atomic E-state index is 11.9. The molecule has 0 fully saturated rings. The van der Waals surface area contributed by atoms with Gasteiger partial charge in [-0.05, 0) is 32.0 Å². The monoisotopic (exact) mass is 310 g/mol. The van der Waals surface area contributed by atoms with Gasteiger partial charge in [0.1, 0.15) is 0 Å². The van der Waals surface area contributed by atoms with Crippen LogP contribution in [-0.2, 0) is 11.3 Å². The third kappa shape index (κ3) is 2.75. The summed E-state index contributed by atoms with van der Waals surface area (Å²) in [6.45, 7) is 4.84. The van der Waals surface area contributed by atoms with Crippen LogP contribution < -0.4 is 5.32 Å². The van der Waals surface area contributed by atoms with E-state index in [1.54, 1.807) is 18.5 Å². The standard InChI is InChI=1S/C17H18N4O2/c1-4-21-15-6-5-11(2)9-13(15)16(20-21)19-14-10-18-8-7-12(14)17(22)23-3/h5-10H,4H2,1-3H3,(H,19,20). The number of carbonyl (C=O) groups is 1. The summed E-state index contributed by atoms with van der Waals surface area (Å²) in [5, 5.41) is 8.82. The van der Waals surface area contributed by atoms with Crippen molar-refractivity contribution in [3.05, 3.63) is 47.8 Å². The van der Waals surface area contributed by atoms with E-state index in [2.05, 4.69) is 33.6 Å². The zero-order chi connectivity index (χ0) is 16.4. The Labute approximate surface area is 134 Å². The van der Waals surface area contributed by atoms with Gasteiger partial charge >= 0.3 is 5.97 Å². The number of aryl methyl sites for hydroxylation is 2. The van der Waals surface area contributed by atoms with Gasteiger partial charge in [-0.15, -0.1) is 0 Å². The number of hydrogen-bond donors (Lipinski definition) is 1. The van der Waals surface area contributed by atoms with E-state index in [0.717, 1.165) is 23.0 Å². The summed E-state index contributed by atoms with van der Waals surface area (Å²) in [7, 11) is 1.36. The van der Waals surface area contributed by atoms with Crippen molar-refractivity contribution in [2.24, 2.45) is 0 Å². The van der Waals surface area contributed by atoms with Gasteiger partial charge in [-0.3, -0.25) is 9.67 Å². The molecule has 1 N–H and O–H groups in total. The molecule has 3 aromatic rings. The van der Waals surface area contributed by atoms with Crippen molar-refractivity contribution in [3.8, 4) is 0 Å². The lowest BCUT2D eigenvalue weighted by molar-refractivity contribution is 0.0602. The van der Waals surface area contributed by atoms with Gasteiger partial charge in [-0.1, -0.05) is 11.6 Å². The number of pyridine rings is 1. The van der Waals surface area contributed by atoms with Crippen molar-refractivity contribution in [2.45, 2.75) is 20.4 Å². The van der Waals surface area contributed by atoms with Gasteiger partial charge in [0.2, 0.25) is 0 Å². The van der Waals surface area contributed by atoms with Crippen LogP contribution in [0.3, 0.4) is 0 Å². The normalized spacial score (nSPS) is 10.7. The molecule has 0 unspecified atom stereocenters. The van der Waals surface area contributed by atoms with E-state index in [1.807, 2.05) is 18.5 Å². The summed E-state index contributed by atoms with van der Waals surface area (Å²) in [5.74, 6) is 0.286. The predicted molar refractivity (Wildman–Crippen MR) is 89.0 cm³/mol. The number of rotatable bonds is 4. The van der Waals surface area contributed by atoms with E-state index in [-0.39, 0.29) is 0 Å². The Hall–Kier alpha value is -2.89. The molecule has 6 heteroatoms. The van der Waals surface area contributed by atoms with Crippen molar-refractivity contribution in [2.75, 3.05) is 12.4 Å². The number of benzene rings is 1. The Morgan fingerprint density at radius 2 is 2.17 bits per heavy atom. The number of hydrogen-bond acceptors (Lipinski definition) is 5. The lowest BCUT2D eigenvalue weighted by atomic mass is 10.1. The Bertz CT molecular complexity index is 870. The van der Waals surface area contributed by atoms with Gasteiger partial charge in [0.15, 0.2) is 5.82 Å². The van der Waals surface area contributed by atoms with Crippen LogP contribution >= 0.6 is 0 Å². The van der Waals surface area contributed by atoms with Crippen molar-refractivity contribution < 1.29 is 9.53 Å². The minimum atomic E-state index is -0.412. The maximum Gasteiger partial charge on any atom is 0.340 e. The van der Waals surface area contributed by atoms with Gasteiger partial charge in [-0.2, -0.15) is 5.10 Å². The first kappa shape index (κ1) is 15.0. The molecule has 0 saturated heterocycles. The van der Waals surface area contributed by atoms with Crippen LogP contribution in [0.25, 0.3) is 10.9 Å². The SMILES string of the molecule is CCn1nc(Nc2cnccc2C(=O)OC)c2cc(C)ccc21. The third-order valence-corrected chi connectivity index (χ3v) is 3.68. The molecule has 1 aromatic carbocycles. The first-order chi connectivity index (χ1) is 11.1. The van der Waals surface area contributed by atoms with Crippen molar-refractivity contribution in [1.82, 2.24) is 14.8 Å². The van der Waals surface area contributed by atoms with E-state index in [9.17, 15) is 4.79 Å². The number of ether oxygens (including phenoxy) is 1. The molecule has 0 atom stereocenters. The molecule has 0 bridgehead atoms. The van der Waals surface area contributed by atoms with E-state index in [1.165, 1.54) is 7.11 Å². The van der Waals surface area contributed by atoms with Crippen LogP contribution in [0.1, 0.15) is 22.8 Å². The summed E-state index contributed by atoms with van der Waals surface area (Å²) in [4.78, 5) is 16.0. The summed E-state index contributed by atoms with van der Waals surface area (Å²) >= 11 is 0. The average Bonchev–Trinajstić information content (AvgIpc) is 2.91. The Morgan fingerprint density at radius 1 is 1.35 bits per heavy atom. The van der Waals surface area contributed by atoms with E-state index in [4.69, 9.17) is 4.74 Å². The molecule has 0 radical (unpaired) electrons. The Balaban J connectivity index is 2.09. The van der Waals surface area contributed by atoms with Gasteiger partial charge in [0.25, 0.3) is 0 Å². The second-order valence-corrected chi connectivity index (χ2v) is 5.22. The zero-order valence-electron chi connectivity index (χ0n) is 13.3. The average molecular weight is 310 g/mol. The highest BCUT2D eigenvalue weighted by Gasteiger charge is 2.15. The number of nitrogens with one attached hydrogen (secondary N) is 1. The first-order valence-corrected chi connectivity index (χ1v) is 7.40. The molecule has 0 saturated carbocycles. The van der Waals surface area contributed by atoms with Crippen molar-refractivity contribution in [3.63, 3.8) is 0 Å². The fourth-order valence-electron chi connectivity index (χ4n) is 2.54. The molecular formula is C17H18N4O2. The van der Waals surface area contributed by atoms with E-state index < -0.39 is 5.97 Å². The molecule has 3 rings (SSSR count). The molecular weight excluding hydrogens is 292 g/mol. The minimum absolute atomic E-state index is 0.412. The highest BCUT2D eigenvalue weighted by atomic mass is 16.5. The van der Waals surface area contributed by atoms with Gasteiger partial charge in [-0.25, -0.2) is 4.79 Å². The smallest absolute Gasteiger partial charge is 0.340 e. The summed E-state index contributed by atoms with van der Waals surface area (Å²) in [5.41, 5.74) is 3.19. The molecule has 6 nitrogen and oxygen atoms in total. The van der Waals surface area contributed by atoms with Crippen LogP contribution in [0.4, 0.5) is 11.5 Å². The van der Waals surface area contributed by atoms with Crippen molar-refractivity contribution >= 4 is 28.4 Å². The largest absolute Gasteiger partial charge is 0.465 e. The molecule has 118 valence electrons. The molecule has 0 amide bonds. The number of methoxy groups -OCH3 is 1. The number of fused-ring (bicyclic) bond motifs is 1. The second kappa shape index (κ2) is 6.08. The van der Waals surface area contributed by atoms with Crippen LogP contribution in [0.2, 0.25) is 0 Å². The lowest BCUT2D eigenvalue weighted by Gasteiger charge is -2.08. The van der Waals surface area contributed by atoms with Gasteiger partial charge < -0.3 is 10.1 Å². The Morgan fingerprint density at radius 3 is 2.91 bits per heavy atom. The van der Waals surface area contributed by atoms with Crippen LogP contribution in [0, 0.1) is 6.92 Å². The number of aromatic nitrogens is 3. The first-order valence-electron chi connectivity index (χ1n) is 7.40. The minimum Gasteiger partial charge on any atom is -0.465 e. The van der Waals surface area contributed by atoms with Crippen LogP contribution in [0.15, 0.2) is 36.7 Å². The van der Waals surface area contributed by atoms with Gasteiger partial charge in [0, 0.05) is 18.1 Å². The summed E-state index contributed by atoms with van der Waals surface area (Å²) < 4.78 is 6.74. The highest BCUT2D eigenvalue weighted by Crippen LogP contribution is 2.28. The van der Waals surface area contributed by atoms with E-state index in [0.29, 0.717) is 17.1 Å². The zero-order valence-corrected chi connectivity index (χ0v) is 13.3. The molecule has 0 aliphatic heterocycles.